The largest absolute Gasteiger partial charge is 0.322 e. The first-order valence-corrected chi connectivity index (χ1v) is 10.2. The van der Waals surface area contributed by atoms with E-state index in [0.717, 1.165) is 16.3 Å². The second-order valence-corrected chi connectivity index (χ2v) is 7.66. The molecule has 1 N–H and O–H groups in total. The van der Waals surface area contributed by atoms with Crippen molar-refractivity contribution in [3.05, 3.63) is 78.1 Å². The summed E-state index contributed by atoms with van der Waals surface area (Å²) < 4.78 is 13.8. The number of anilines is 1. The Kier molecular flexibility index (Phi) is 5.30. The molecule has 0 bridgehead atoms. The van der Waals surface area contributed by atoms with Gasteiger partial charge in [0.2, 0.25) is 11.8 Å². The van der Waals surface area contributed by atoms with Gasteiger partial charge in [-0.15, -0.1) is 11.8 Å². The van der Waals surface area contributed by atoms with Crippen LogP contribution in [0, 0.1) is 5.82 Å². The fourth-order valence-corrected chi connectivity index (χ4v) is 4.58. The third-order valence-corrected chi connectivity index (χ3v) is 5.87. The third kappa shape index (κ3) is 3.73. The normalized spacial score (nSPS) is 16.3. The van der Waals surface area contributed by atoms with Crippen LogP contribution in [0.25, 0.3) is 10.8 Å². The Labute approximate surface area is 166 Å². The Morgan fingerprint density at radius 2 is 1.79 bits per heavy atom. The molecule has 1 aliphatic rings. The van der Waals surface area contributed by atoms with Gasteiger partial charge in [-0.05, 0) is 28.5 Å². The molecule has 2 amide bonds. The van der Waals surface area contributed by atoms with Crippen LogP contribution in [-0.4, -0.2) is 34.4 Å². The summed E-state index contributed by atoms with van der Waals surface area (Å²) >= 11 is 1.53. The molecule has 3 aromatic rings. The minimum Gasteiger partial charge on any atom is -0.322 e. The lowest BCUT2D eigenvalue weighted by atomic mass is 10.0. The molecule has 0 aliphatic carbocycles. The maximum Gasteiger partial charge on any atom is 0.248 e. The van der Waals surface area contributed by atoms with E-state index in [1.807, 2.05) is 42.5 Å². The summed E-state index contributed by atoms with van der Waals surface area (Å²) in [5.74, 6) is 0.00657. The average Bonchev–Trinajstić information content (AvgIpc) is 3.20. The smallest absolute Gasteiger partial charge is 0.248 e. The van der Waals surface area contributed by atoms with Crippen LogP contribution in [0.2, 0.25) is 0 Å². The molecule has 0 spiro atoms. The molecule has 0 saturated carbocycles. The van der Waals surface area contributed by atoms with E-state index in [1.54, 1.807) is 17.0 Å². The second kappa shape index (κ2) is 8.02. The first kappa shape index (κ1) is 18.5. The van der Waals surface area contributed by atoms with E-state index in [2.05, 4.69) is 5.32 Å². The summed E-state index contributed by atoms with van der Waals surface area (Å²) in [6.07, 6.45) is 0.228. The zero-order chi connectivity index (χ0) is 19.5. The molecule has 142 valence electrons. The van der Waals surface area contributed by atoms with Crippen molar-refractivity contribution < 1.29 is 14.0 Å². The van der Waals surface area contributed by atoms with Crippen molar-refractivity contribution in [1.29, 1.82) is 0 Å². The predicted octanol–water partition coefficient (Wildman–Crippen LogP) is 4.06. The number of nitrogens with one attached hydrogen (secondary N) is 1. The number of fused-ring (bicyclic) bond motifs is 1. The first-order chi connectivity index (χ1) is 13.6. The van der Waals surface area contributed by atoms with E-state index in [1.165, 1.54) is 23.9 Å². The second-order valence-electron chi connectivity index (χ2n) is 6.66. The van der Waals surface area contributed by atoms with E-state index in [-0.39, 0.29) is 23.9 Å². The lowest BCUT2D eigenvalue weighted by molar-refractivity contribution is -0.135. The van der Waals surface area contributed by atoms with Gasteiger partial charge in [-0.2, -0.15) is 0 Å². The highest BCUT2D eigenvalue weighted by Crippen LogP contribution is 2.25. The molecule has 1 heterocycles. The fourth-order valence-electron chi connectivity index (χ4n) is 3.40. The van der Waals surface area contributed by atoms with Gasteiger partial charge in [0.15, 0.2) is 0 Å². The molecule has 3 aromatic carbocycles. The van der Waals surface area contributed by atoms with Crippen LogP contribution < -0.4 is 5.32 Å². The summed E-state index contributed by atoms with van der Waals surface area (Å²) in [6.45, 7) is 0. The Morgan fingerprint density at radius 3 is 2.64 bits per heavy atom. The number of carbonyl (C=O) groups excluding carboxylic acids is 2. The van der Waals surface area contributed by atoms with Crippen molar-refractivity contribution in [2.75, 3.05) is 16.9 Å². The molecule has 6 heteroatoms. The molecule has 1 atom stereocenters. The van der Waals surface area contributed by atoms with Gasteiger partial charge in [0.05, 0.1) is 18.0 Å². The summed E-state index contributed by atoms with van der Waals surface area (Å²) in [5, 5.41) is 4.73. The topological polar surface area (TPSA) is 49.4 Å². The number of rotatable bonds is 4. The number of carbonyl (C=O) groups is 2. The Hall–Kier alpha value is -2.86. The van der Waals surface area contributed by atoms with Crippen LogP contribution in [0.3, 0.4) is 0 Å². The highest BCUT2D eigenvalue weighted by molar-refractivity contribution is 7.99. The Balaban J connectivity index is 1.50. The number of para-hydroxylation sites is 1. The van der Waals surface area contributed by atoms with Crippen molar-refractivity contribution in [3.8, 4) is 0 Å². The molecule has 4 nitrogen and oxygen atoms in total. The van der Waals surface area contributed by atoms with Crippen molar-refractivity contribution in [1.82, 2.24) is 4.90 Å². The molecular weight excluding hydrogens is 375 g/mol. The molecule has 1 fully saturated rings. The van der Waals surface area contributed by atoms with Crippen molar-refractivity contribution >= 4 is 40.0 Å². The lowest BCUT2D eigenvalue weighted by Gasteiger charge is -2.23. The van der Waals surface area contributed by atoms with E-state index < -0.39 is 11.9 Å². The van der Waals surface area contributed by atoms with Crippen molar-refractivity contribution in [3.63, 3.8) is 0 Å². The SMILES string of the molecule is O=C(Nc1ccccc1F)[C@@H]1CSCN1C(=O)Cc1cccc2ccccc12. The number of hydrogen-bond acceptors (Lipinski definition) is 3. The van der Waals surface area contributed by atoms with Crippen LogP contribution >= 0.6 is 11.8 Å². The van der Waals surface area contributed by atoms with Gasteiger partial charge in [-0.3, -0.25) is 9.59 Å². The van der Waals surface area contributed by atoms with Gasteiger partial charge >= 0.3 is 0 Å². The lowest BCUT2D eigenvalue weighted by Crippen LogP contribution is -2.45. The highest BCUT2D eigenvalue weighted by atomic mass is 32.2. The molecular formula is C22H19FN2O2S. The Morgan fingerprint density at radius 1 is 1.04 bits per heavy atom. The third-order valence-electron chi connectivity index (χ3n) is 4.86. The van der Waals surface area contributed by atoms with Gasteiger partial charge < -0.3 is 10.2 Å². The fraction of sp³-hybridized carbons (Fsp3) is 0.182. The maximum absolute atomic E-state index is 13.8. The zero-order valence-corrected chi connectivity index (χ0v) is 15.9. The number of hydrogen-bond donors (Lipinski definition) is 1. The van der Waals surface area contributed by atoms with Crippen LogP contribution in [0.5, 0.6) is 0 Å². The number of benzene rings is 3. The maximum atomic E-state index is 13.8. The van der Waals surface area contributed by atoms with E-state index in [9.17, 15) is 14.0 Å². The average molecular weight is 394 g/mol. The molecule has 0 unspecified atom stereocenters. The Bertz CT molecular complexity index is 1030. The van der Waals surface area contributed by atoms with Gasteiger partial charge in [0.1, 0.15) is 11.9 Å². The van der Waals surface area contributed by atoms with Crippen LogP contribution in [0.1, 0.15) is 5.56 Å². The van der Waals surface area contributed by atoms with E-state index in [4.69, 9.17) is 0 Å². The molecule has 1 aliphatic heterocycles. The highest BCUT2D eigenvalue weighted by Gasteiger charge is 2.34. The minimum absolute atomic E-state index is 0.102. The monoisotopic (exact) mass is 394 g/mol. The van der Waals surface area contributed by atoms with E-state index in [0.29, 0.717) is 11.6 Å². The van der Waals surface area contributed by atoms with Crippen LogP contribution in [-0.2, 0) is 16.0 Å². The van der Waals surface area contributed by atoms with Gasteiger partial charge in [0, 0.05) is 5.75 Å². The number of halogens is 1. The van der Waals surface area contributed by atoms with Gasteiger partial charge in [-0.25, -0.2) is 4.39 Å². The summed E-state index contributed by atoms with van der Waals surface area (Å²) in [7, 11) is 0. The molecule has 4 rings (SSSR count). The standard InChI is InChI=1S/C22H19FN2O2S/c23-18-10-3-4-11-19(18)24-22(27)20-13-28-14-25(20)21(26)12-16-8-5-7-15-6-1-2-9-17(15)16/h1-11,20H,12-14H2,(H,24,27)/t20-/m0/s1. The van der Waals surface area contributed by atoms with Crippen LogP contribution in [0.15, 0.2) is 66.7 Å². The number of thioether (sulfide) groups is 1. The summed E-state index contributed by atoms with van der Waals surface area (Å²) in [4.78, 5) is 27.2. The van der Waals surface area contributed by atoms with Crippen molar-refractivity contribution in [2.45, 2.75) is 12.5 Å². The summed E-state index contributed by atoms with van der Waals surface area (Å²) in [6, 6.07) is 19.2. The molecule has 0 aromatic heterocycles. The molecule has 1 saturated heterocycles. The minimum atomic E-state index is -0.605. The molecule has 0 radical (unpaired) electrons. The predicted molar refractivity (Wildman–Crippen MR) is 111 cm³/mol. The van der Waals surface area contributed by atoms with Gasteiger partial charge in [-0.1, -0.05) is 54.6 Å². The zero-order valence-electron chi connectivity index (χ0n) is 15.1. The molecule has 28 heavy (non-hydrogen) atoms. The first-order valence-electron chi connectivity index (χ1n) is 9.03. The van der Waals surface area contributed by atoms with Crippen LogP contribution in [0.4, 0.5) is 10.1 Å². The van der Waals surface area contributed by atoms with E-state index >= 15 is 0 Å². The quantitative estimate of drug-likeness (QED) is 0.726. The van der Waals surface area contributed by atoms with Crippen molar-refractivity contribution in [2.24, 2.45) is 0 Å². The number of nitrogens with zero attached hydrogens (tertiary/aromatic N) is 1. The summed E-state index contributed by atoms with van der Waals surface area (Å²) in [5.41, 5.74) is 1.07. The number of amides is 2. The van der Waals surface area contributed by atoms with Gasteiger partial charge in [0.25, 0.3) is 0 Å².